The molecule has 2 fully saturated rings. The summed E-state index contributed by atoms with van der Waals surface area (Å²) in [4.78, 5) is 13.8. The highest BCUT2D eigenvalue weighted by Crippen LogP contribution is 2.19. The van der Waals surface area contributed by atoms with Crippen molar-refractivity contribution in [2.24, 2.45) is 5.92 Å². The van der Waals surface area contributed by atoms with Gasteiger partial charge in [-0.25, -0.2) is 0 Å². The second-order valence-corrected chi connectivity index (χ2v) is 4.06. The predicted octanol–water partition coefficient (Wildman–Crippen LogP) is 0.608. The third-order valence-corrected chi connectivity index (χ3v) is 3.09. The zero-order valence-corrected chi connectivity index (χ0v) is 8.09. The smallest absolute Gasteiger partial charge is 0.225 e. The average Bonchev–Trinajstić information content (AvgIpc) is 2.27. The highest BCUT2D eigenvalue weighted by Gasteiger charge is 2.27. The van der Waals surface area contributed by atoms with Crippen LogP contribution in [0.5, 0.6) is 0 Å². The van der Waals surface area contributed by atoms with Crippen molar-refractivity contribution in [1.29, 1.82) is 0 Å². The fourth-order valence-electron chi connectivity index (χ4n) is 2.06. The van der Waals surface area contributed by atoms with Gasteiger partial charge in [-0.1, -0.05) is 0 Å². The van der Waals surface area contributed by atoms with E-state index in [9.17, 15) is 4.79 Å². The molecule has 0 spiro atoms. The van der Waals surface area contributed by atoms with E-state index in [0.717, 1.165) is 45.4 Å². The molecule has 0 saturated carbocycles. The van der Waals surface area contributed by atoms with Crippen molar-refractivity contribution in [2.75, 3.05) is 26.2 Å². The number of rotatable bonds is 1. The molecule has 1 amide bonds. The molecule has 74 valence electrons. The van der Waals surface area contributed by atoms with Crippen LogP contribution in [0.15, 0.2) is 0 Å². The van der Waals surface area contributed by atoms with E-state index in [1.165, 1.54) is 6.42 Å². The number of nitrogens with one attached hydrogen (secondary N) is 1. The summed E-state index contributed by atoms with van der Waals surface area (Å²) < 4.78 is 0. The van der Waals surface area contributed by atoms with Gasteiger partial charge in [-0.3, -0.25) is 4.79 Å². The van der Waals surface area contributed by atoms with Gasteiger partial charge in [-0.2, -0.15) is 0 Å². The molecule has 2 saturated heterocycles. The minimum Gasteiger partial charge on any atom is -0.342 e. The lowest BCUT2D eigenvalue weighted by molar-refractivity contribution is -0.139. The quantitative estimate of drug-likeness (QED) is 0.644. The highest BCUT2D eigenvalue weighted by molar-refractivity contribution is 5.79. The van der Waals surface area contributed by atoms with Gasteiger partial charge >= 0.3 is 0 Å². The van der Waals surface area contributed by atoms with Crippen LogP contribution in [-0.4, -0.2) is 37.0 Å². The van der Waals surface area contributed by atoms with Crippen molar-refractivity contribution in [3.05, 3.63) is 0 Å². The summed E-state index contributed by atoms with van der Waals surface area (Å²) in [6.07, 6.45) is 4.48. The Morgan fingerprint density at radius 2 is 2.00 bits per heavy atom. The van der Waals surface area contributed by atoms with E-state index in [2.05, 4.69) is 5.32 Å². The summed E-state index contributed by atoms with van der Waals surface area (Å²) >= 11 is 0. The molecule has 1 N–H and O–H groups in total. The molecule has 0 aromatic rings. The van der Waals surface area contributed by atoms with Crippen LogP contribution in [0, 0.1) is 5.92 Å². The Balaban J connectivity index is 1.85. The Bertz CT molecular complexity index is 181. The number of amides is 1. The summed E-state index contributed by atoms with van der Waals surface area (Å²) in [7, 11) is 0. The lowest BCUT2D eigenvalue weighted by Crippen LogP contribution is -2.45. The van der Waals surface area contributed by atoms with Gasteiger partial charge in [-0.15, -0.1) is 0 Å². The second kappa shape index (κ2) is 4.09. The van der Waals surface area contributed by atoms with E-state index in [1.807, 2.05) is 4.90 Å². The van der Waals surface area contributed by atoms with E-state index in [-0.39, 0.29) is 0 Å². The molecule has 13 heavy (non-hydrogen) atoms. The van der Waals surface area contributed by atoms with Gasteiger partial charge in [0.1, 0.15) is 0 Å². The van der Waals surface area contributed by atoms with Gasteiger partial charge in [0.05, 0.1) is 0 Å². The molecule has 0 unspecified atom stereocenters. The molecule has 2 heterocycles. The van der Waals surface area contributed by atoms with Crippen molar-refractivity contribution in [1.82, 2.24) is 10.2 Å². The van der Waals surface area contributed by atoms with Gasteiger partial charge in [0, 0.05) is 19.0 Å². The van der Waals surface area contributed by atoms with Crippen LogP contribution in [0.4, 0.5) is 0 Å². The summed E-state index contributed by atoms with van der Waals surface area (Å²) in [6.45, 7) is 4.11. The molecule has 2 aliphatic rings. The molecule has 2 rings (SSSR count). The Labute approximate surface area is 79.5 Å². The first-order valence-corrected chi connectivity index (χ1v) is 5.37. The molecule has 2 aliphatic heterocycles. The maximum Gasteiger partial charge on any atom is 0.225 e. The fourth-order valence-corrected chi connectivity index (χ4v) is 2.06. The summed E-state index contributed by atoms with van der Waals surface area (Å²) in [5, 5.41) is 3.34. The van der Waals surface area contributed by atoms with Gasteiger partial charge in [-0.05, 0) is 38.8 Å². The zero-order chi connectivity index (χ0) is 9.10. The SMILES string of the molecule is O=C([C@H]1CCCNCC1)N1CCC1. The number of likely N-dealkylation sites (tertiary alicyclic amines) is 1. The summed E-state index contributed by atoms with van der Waals surface area (Å²) in [5.41, 5.74) is 0. The molecular weight excluding hydrogens is 164 g/mol. The molecule has 0 bridgehead atoms. The van der Waals surface area contributed by atoms with Crippen LogP contribution >= 0.6 is 0 Å². The standard InChI is InChI=1S/C10H18N2O/c13-10(12-7-2-8-12)9-3-1-5-11-6-4-9/h9,11H,1-8H2/t9-/m0/s1. The van der Waals surface area contributed by atoms with Crippen LogP contribution in [0.25, 0.3) is 0 Å². The molecule has 0 aliphatic carbocycles. The minimum absolute atomic E-state index is 0.315. The lowest BCUT2D eigenvalue weighted by atomic mass is 9.97. The van der Waals surface area contributed by atoms with Crippen LogP contribution in [0.3, 0.4) is 0 Å². The highest BCUT2D eigenvalue weighted by atomic mass is 16.2. The van der Waals surface area contributed by atoms with Crippen LogP contribution in [0.1, 0.15) is 25.7 Å². The molecule has 3 heteroatoms. The normalized spacial score (nSPS) is 29.2. The fraction of sp³-hybridized carbons (Fsp3) is 0.900. The topological polar surface area (TPSA) is 32.3 Å². The third kappa shape index (κ3) is 2.02. The Hall–Kier alpha value is -0.570. The van der Waals surface area contributed by atoms with E-state index >= 15 is 0 Å². The van der Waals surface area contributed by atoms with Gasteiger partial charge in [0.15, 0.2) is 0 Å². The van der Waals surface area contributed by atoms with Crippen molar-refractivity contribution in [2.45, 2.75) is 25.7 Å². The average molecular weight is 182 g/mol. The van der Waals surface area contributed by atoms with Crippen LogP contribution < -0.4 is 5.32 Å². The molecule has 0 aromatic carbocycles. The number of carbonyl (C=O) groups excluding carboxylic acids is 1. The summed E-state index contributed by atoms with van der Waals surface area (Å²) in [6, 6.07) is 0. The molecular formula is C10H18N2O. The van der Waals surface area contributed by atoms with E-state index in [1.54, 1.807) is 0 Å². The predicted molar refractivity (Wildman–Crippen MR) is 51.4 cm³/mol. The number of hydrogen-bond acceptors (Lipinski definition) is 2. The molecule has 3 nitrogen and oxygen atoms in total. The van der Waals surface area contributed by atoms with Crippen molar-refractivity contribution >= 4 is 5.91 Å². The van der Waals surface area contributed by atoms with Crippen molar-refractivity contribution in [3.8, 4) is 0 Å². The maximum absolute atomic E-state index is 11.8. The lowest BCUT2D eigenvalue weighted by Gasteiger charge is -2.33. The molecule has 1 atom stereocenters. The minimum atomic E-state index is 0.315. The first-order valence-electron chi connectivity index (χ1n) is 5.37. The Morgan fingerprint density at radius 3 is 2.69 bits per heavy atom. The zero-order valence-electron chi connectivity index (χ0n) is 8.09. The van der Waals surface area contributed by atoms with Gasteiger partial charge in [0.2, 0.25) is 5.91 Å². The molecule has 0 radical (unpaired) electrons. The van der Waals surface area contributed by atoms with Gasteiger partial charge < -0.3 is 10.2 Å². The second-order valence-electron chi connectivity index (χ2n) is 4.06. The monoisotopic (exact) mass is 182 g/mol. The van der Waals surface area contributed by atoms with Crippen LogP contribution in [0.2, 0.25) is 0 Å². The van der Waals surface area contributed by atoms with Crippen LogP contribution in [-0.2, 0) is 4.79 Å². The van der Waals surface area contributed by atoms with Crippen molar-refractivity contribution in [3.63, 3.8) is 0 Å². The van der Waals surface area contributed by atoms with Crippen molar-refractivity contribution < 1.29 is 4.79 Å². The van der Waals surface area contributed by atoms with E-state index in [4.69, 9.17) is 0 Å². The first kappa shape index (κ1) is 9.00. The van der Waals surface area contributed by atoms with Gasteiger partial charge in [0.25, 0.3) is 0 Å². The molecule has 0 aromatic heterocycles. The maximum atomic E-state index is 11.8. The Morgan fingerprint density at radius 1 is 1.15 bits per heavy atom. The first-order chi connectivity index (χ1) is 6.38. The summed E-state index contributed by atoms with van der Waals surface area (Å²) in [5.74, 6) is 0.727. The number of nitrogens with zero attached hydrogens (tertiary/aromatic N) is 1. The number of carbonyl (C=O) groups is 1. The van der Waals surface area contributed by atoms with E-state index in [0.29, 0.717) is 11.8 Å². The largest absolute Gasteiger partial charge is 0.342 e. The third-order valence-electron chi connectivity index (χ3n) is 3.09. The Kier molecular flexibility index (Phi) is 2.83. The van der Waals surface area contributed by atoms with E-state index < -0.39 is 0 Å². The number of hydrogen-bond donors (Lipinski definition) is 1.